The third kappa shape index (κ3) is 2.36. The second-order valence-corrected chi connectivity index (χ2v) is 8.42. The standard InChI is InChI=1S/C12H17N3O3Si/c1-9(13-16)19(10(2)14-17,11(3)15-18)12-7-5-4-6-8-12/h4-8,16-18H,1-3H3. The summed E-state index contributed by atoms with van der Waals surface area (Å²) < 4.78 is 0. The van der Waals surface area contributed by atoms with Gasteiger partial charge in [-0.3, -0.25) is 0 Å². The highest BCUT2D eigenvalue weighted by Gasteiger charge is 2.47. The van der Waals surface area contributed by atoms with E-state index in [4.69, 9.17) is 15.6 Å². The highest BCUT2D eigenvalue weighted by atomic mass is 28.3. The van der Waals surface area contributed by atoms with E-state index >= 15 is 0 Å². The summed E-state index contributed by atoms with van der Waals surface area (Å²) in [6, 6.07) is 9.19. The zero-order chi connectivity index (χ0) is 14.5. The van der Waals surface area contributed by atoms with Gasteiger partial charge in [-0.1, -0.05) is 30.3 Å². The molecule has 3 N–H and O–H groups in total. The molecule has 0 unspecified atom stereocenters. The highest BCUT2D eigenvalue weighted by molar-refractivity contribution is 7.47. The number of rotatable bonds is 4. The van der Waals surface area contributed by atoms with E-state index in [-0.39, 0.29) is 0 Å². The first-order valence-corrected chi connectivity index (χ1v) is 7.68. The number of oxime groups is 3. The quantitative estimate of drug-likeness (QED) is 0.337. The van der Waals surface area contributed by atoms with E-state index in [9.17, 15) is 0 Å². The predicted molar refractivity (Wildman–Crippen MR) is 76.5 cm³/mol. The molecule has 0 atom stereocenters. The van der Waals surface area contributed by atoms with Gasteiger partial charge in [0.15, 0.2) is 0 Å². The van der Waals surface area contributed by atoms with Gasteiger partial charge in [-0.2, -0.15) is 0 Å². The average molecular weight is 279 g/mol. The average Bonchev–Trinajstić information content (AvgIpc) is 2.47. The van der Waals surface area contributed by atoms with Crippen LogP contribution in [-0.2, 0) is 0 Å². The van der Waals surface area contributed by atoms with Gasteiger partial charge in [-0.05, 0) is 26.0 Å². The van der Waals surface area contributed by atoms with Crippen molar-refractivity contribution in [2.75, 3.05) is 0 Å². The van der Waals surface area contributed by atoms with Gasteiger partial charge in [0.2, 0.25) is 8.07 Å². The van der Waals surface area contributed by atoms with Crippen molar-refractivity contribution in [3.8, 4) is 0 Å². The molecule has 1 aromatic rings. The maximum atomic E-state index is 9.17. The molecule has 0 fully saturated rings. The predicted octanol–water partition coefficient (Wildman–Crippen LogP) is 1.51. The smallest absolute Gasteiger partial charge is 0.240 e. The Labute approximate surface area is 112 Å². The van der Waals surface area contributed by atoms with Crippen LogP contribution in [0.2, 0.25) is 0 Å². The molecule has 0 saturated carbocycles. The second kappa shape index (κ2) is 6.14. The van der Waals surface area contributed by atoms with Crippen molar-refractivity contribution >= 4 is 29.3 Å². The lowest BCUT2D eigenvalue weighted by atomic mass is 10.4. The Hall–Kier alpha value is -2.15. The zero-order valence-electron chi connectivity index (χ0n) is 11.1. The van der Waals surface area contributed by atoms with Gasteiger partial charge in [-0.25, -0.2) is 0 Å². The molecule has 0 spiro atoms. The van der Waals surface area contributed by atoms with E-state index in [0.29, 0.717) is 16.0 Å². The lowest BCUT2D eigenvalue weighted by Gasteiger charge is -2.29. The molecule has 0 aliphatic rings. The van der Waals surface area contributed by atoms with Crippen LogP contribution in [0.4, 0.5) is 0 Å². The lowest BCUT2D eigenvalue weighted by Crippen LogP contribution is -2.66. The maximum Gasteiger partial charge on any atom is 0.240 e. The third-order valence-corrected chi connectivity index (χ3v) is 8.04. The van der Waals surface area contributed by atoms with E-state index < -0.39 is 8.07 Å². The normalized spacial score (nSPS) is 17.1. The van der Waals surface area contributed by atoms with Gasteiger partial charge < -0.3 is 15.6 Å². The minimum Gasteiger partial charge on any atom is -0.411 e. The molecule has 7 heteroatoms. The summed E-state index contributed by atoms with van der Waals surface area (Å²) in [4.78, 5) is 0. The van der Waals surface area contributed by atoms with Crippen molar-refractivity contribution in [1.29, 1.82) is 0 Å². The third-order valence-electron chi connectivity index (χ3n) is 3.28. The molecule has 0 saturated heterocycles. The number of nitrogens with zero attached hydrogens (tertiary/aromatic N) is 3. The van der Waals surface area contributed by atoms with E-state index in [2.05, 4.69) is 15.5 Å². The van der Waals surface area contributed by atoms with Crippen LogP contribution in [0.1, 0.15) is 20.8 Å². The highest BCUT2D eigenvalue weighted by Crippen LogP contribution is 2.13. The van der Waals surface area contributed by atoms with Crippen molar-refractivity contribution in [3.05, 3.63) is 30.3 Å². The Morgan fingerprint density at radius 3 is 1.47 bits per heavy atom. The fourth-order valence-corrected chi connectivity index (χ4v) is 6.29. The SMILES string of the molecule is CC(=NO)[Si](C(C)=NO)(C(C)=NO)c1ccccc1. The molecular formula is C12H17N3O3Si. The van der Waals surface area contributed by atoms with Crippen molar-refractivity contribution in [1.82, 2.24) is 0 Å². The second-order valence-electron chi connectivity index (χ2n) is 4.17. The van der Waals surface area contributed by atoms with Crippen molar-refractivity contribution in [2.24, 2.45) is 15.5 Å². The van der Waals surface area contributed by atoms with Crippen LogP contribution < -0.4 is 5.19 Å². The fourth-order valence-electron chi connectivity index (χ4n) is 2.33. The monoisotopic (exact) mass is 279 g/mol. The van der Waals surface area contributed by atoms with Gasteiger partial charge in [-0.15, -0.1) is 15.5 Å². The largest absolute Gasteiger partial charge is 0.411 e. The van der Waals surface area contributed by atoms with Crippen LogP contribution in [0.3, 0.4) is 0 Å². The Balaban J connectivity index is 3.74. The molecule has 102 valence electrons. The van der Waals surface area contributed by atoms with Crippen LogP contribution in [0.5, 0.6) is 0 Å². The summed E-state index contributed by atoms with van der Waals surface area (Å²) in [5.74, 6) is 0. The molecule has 0 aromatic heterocycles. The first-order chi connectivity index (χ1) is 9.05. The molecule has 1 aromatic carbocycles. The lowest BCUT2D eigenvalue weighted by molar-refractivity contribution is 0.318. The van der Waals surface area contributed by atoms with Gasteiger partial charge >= 0.3 is 0 Å². The summed E-state index contributed by atoms with van der Waals surface area (Å²) in [5.41, 5.74) is 0. The van der Waals surface area contributed by atoms with Crippen LogP contribution in [-0.4, -0.2) is 39.7 Å². The number of benzene rings is 1. The molecular weight excluding hydrogens is 262 g/mol. The van der Waals surface area contributed by atoms with Crippen molar-refractivity contribution < 1.29 is 15.6 Å². The summed E-state index contributed by atoms with van der Waals surface area (Å²) in [5, 5.41) is 39.3. The zero-order valence-corrected chi connectivity index (χ0v) is 12.1. The van der Waals surface area contributed by atoms with Gasteiger partial charge in [0.25, 0.3) is 0 Å². The topological polar surface area (TPSA) is 97.8 Å². The minimum atomic E-state index is -2.98. The van der Waals surface area contributed by atoms with E-state index in [1.165, 1.54) is 0 Å². The Morgan fingerprint density at radius 2 is 1.16 bits per heavy atom. The molecule has 0 radical (unpaired) electrons. The fraction of sp³-hybridized carbons (Fsp3) is 0.250. The van der Waals surface area contributed by atoms with E-state index in [1.807, 2.05) is 30.3 Å². The van der Waals surface area contributed by atoms with Crippen LogP contribution >= 0.6 is 0 Å². The number of hydrogen-bond acceptors (Lipinski definition) is 6. The minimum absolute atomic E-state index is 0.379. The maximum absolute atomic E-state index is 9.17. The molecule has 1 rings (SSSR count). The number of hydrogen-bond donors (Lipinski definition) is 3. The summed E-state index contributed by atoms with van der Waals surface area (Å²) in [7, 11) is -2.98. The molecule has 0 amide bonds. The van der Waals surface area contributed by atoms with Gasteiger partial charge in [0, 0.05) is 0 Å². The van der Waals surface area contributed by atoms with Crippen LogP contribution in [0.25, 0.3) is 0 Å². The molecule has 0 heterocycles. The Morgan fingerprint density at radius 1 is 0.789 bits per heavy atom. The Kier molecular flexibility index (Phi) is 4.82. The molecule has 6 nitrogen and oxygen atoms in total. The van der Waals surface area contributed by atoms with Gasteiger partial charge in [0.05, 0.1) is 16.0 Å². The van der Waals surface area contributed by atoms with Crippen molar-refractivity contribution in [3.63, 3.8) is 0 Å². The van der Waals surface area contributed by atoms with Crippen molar-refractivity contribution in [2.45, 2.75) is 20.8 Å². The molecule has 19 heavy (non-hydrogen) atoms. The summed E-state index contributed by atoms with van der Waals surface area (Å²) >= 11 is 0. The summed E-state index contributed by atoms with van der Waals surface area (Å²) in [6.45, 7) is 4.88. The first-order valence-electron chi connectivity index (χ1n) is 5.68. The van der Waals surface area contributed by atoms with Gasteiger partial charge in [0.1, 0.15) is 0 Å². The van der Waals surface area contributed by atoms with Crippen LogP contribution in [0.15, 0.2) is 45.8 Å². The molecule has 0 bridgehead atoms. The first kappa shape index (κ1) is 14.9. The van der Waals surface area contributed by atoms with Crippen LogP contribution in [0, 0.1) is 0 Å². The van der Waals surface area contributed by atoms with E-state index in [1.54, 1.807) is 20.8 Å². The molecule has 0 aliphatic heterocycles. The Bertz CT molecular complexity index is 481. The van der Waals surface area contributed by atoms with E-state index in [0.717, 1.165) is 5.19 Å². The summed E-state index contributed by atoms with van der Waals surface area (Å²) in [6.07, 6.45) is 0. The molecule has 0 aliphatic carbocycles.